The van der Waals surface area contributed by atoms with Crippen LogP contribution in [0.15, 0.2) is 24.3 Å². The monoisotopic (exact) mass is 242 g/mol. The smallest absolute Gasteiger partial charge is 0.205 e. The van der Waals surface area contributed by atoms with Crippen molar-refractivity contribution in [2.24, 2.45) is 0 Å². The third-order valence-electron chi connectivity index (χ3n) is 3.48. The molecule has 2 aromatic rings. The number of nitrogens with two attached hydrogens (primary N) is 1. The fourth-order valence-electron chi connectivity index (χ4n) is 2.37. The number of imidazole rings is 1. The van der Waals surface area contributed by atoms with Crippen molar-refractivity contribution in [2.45, 2.75) is 26.3 Å². The topological polar surface area (TPSA) is 55.9 Å². The summed E-state index contributed by atoms with van der Waals surface area (Å²) in [6, 6.07) is 8.48. The summed E-state index contributed by atoms with van der Waals surface area (Å²) in [5.74, 6) is 1.66. The van der Waals surface area contributed by atoms with Crippen molar-refractivity contribution in [1.29, 1.82) is 0 Å². The van der Waals surface area contributed by atoms with Crippen LogP contribution in [0, 0.1) is 0 Å². The van der Waals surface area contributed by atoms with E-state index in [4.69, 9.17) is 5.73 Å². The Labute approximate surface area is 107 Å². The van der Waals surface area contributed by atoms with E-state index in [2.05, 4.69) is 46.1 Å². The lowest BCUT2D eigenvalue weighted by molar-refractivity contribution is 0.634. The number of nitrogens with one attached hydrogen (secondary N) is 1. The number of nitrogen functional groups attached to an aromatic ring is 1. The molecule has 2 heterocycles. The second-order valence-corrected chi connectivity index (χ2v) is 4.65. The first-order valence-electron chi connectivity index (χ1n) is 6.48. The molecule has 0 radical (unpaired) electrons. The van der Waals surface area contributed by atoms with Crippen molar-refractivity contribution in [2.75, 3.05) is 17.6 Å². The third-order valence-corrected chi connectivity index (χ3v) is 3.48. The Morgan fingerprint density at radius 3 is 2.78 bits per heavy atom. The lowest BCUT2D eigenvalue weighted by Crippen LogP contribution is -2.18. The molecule has 0 aliphatic carbocycles. The van der Waals surface area contributed by atoms with E-state index >= 15 is 0 Å². The molecule has 3 rings (SSSR count). The lowest BCUT2D eigenvalue weighted by Gasteiger charge is -2.15. The van der Waals surface area contributed by atoms with Crippen LogP contribution in [0.5, 0.6) is 0 Å². The van der Waals surface area contributed by atoms with Crippen LogP contribution in [0.3, 0.4) is 0 Å². The van der Waals surface area contributed by atoms with Crippen LogP contribution >= 0.6 is 0 Å². The molecule has 4 heteroatoms. The maximum Gasteiger partial charge on any atom is 0.205 e. The minimum atomic E-state index is 0.765. The van der Waals surface area contributed by atoms with Gasteiger partial charge in [-0.05, 0) is 18.4 Å². The Kier molecular flexibility index (Phi) is 2.70. The molecule has 0 saturated carbocycles. The molecule has 1 aliphatic heterocycles. The highest BCUT2D eigenvalue weighted by molar-refractivity contribution is 5.73. The zero-order valence-corrected chi connectivity index (χ0v) is 10.6. The second kappa shape index (κ2) is 4.37. The molecule has 0 atom stereocenters. The van der Waals surface area contributed by atoms with Crippen LogP contribution in [0.25, 0.3) is 11.3 Å². The number of benzene rings is 1. The van der Waals surface area contributed by atoms with Gasteiger partial charge in [0.1, 0.15) is 11.5 Å². The van der Waals surface area contributed by atoms with Crippen LogP contribution in [0.4, 0.5) is 11.8 Å². The van der Waals surface area contributed by atoms with Gasteiger partial charge in [0, 0.05) is 18.7 Å². The predicted molar refractivity (Wildman–Crippen MR) is 74.6 cm³/mol. The van der Waals surface area contributed by atoms with E-state index in [-0.39, 0.29) is 0 Å². The lowest BCUT2D eigenvalue weighted by atomic mass is 10.1. The molecule has 4 nitrogen and oxygen atoms in total. The number of aryl methyl sites for hydroxylation is 1. The van der Waals surface area contributed by atoms with Gasteiger partial charge in [-0.1, -0.05) is 31.2 Å². The fourth-order valence-corrected chi connectivity index (χ4v) is 2.37. The van der Waals surface area contributed by atoms with Gasteiger partial charge >= 0.3 is 0 Å². The molecule has 94 valence electrons. The average molecular weight is 242 g/mol. The number of nitrogens with zero attached hydrogens (tertiary/aromatic N) is 2. The molecule has 0 fully saturated rings. The molecule has 1 aromatic heterocycles. The zero-order chi connectivity index (χ0) is 12.5. The van der Waals surface area contributed by atoms with E-state index in [1.807, 2.05) is 0 Å². The van der Waals surface area contributed by atoms with Gasteiger partial charge in [-0.25, -0.2) is 4.98 Å². The van der Waals surface area contributed by atoms with Gasteiger partial charge < -0.3 is 11.1 Å². The molecule has 0 amide bonds. The highest BCUT2D eigenvalue weighted by Gasteiger charge is 2.18. The Morgan fingerprint density at radius 1 is 1.33 bits per heavy atom. The molecule has 18 heavy (non-hydrogen) atoms. The zero-order valence-electron chi connectivity index (χ0n) is 10.6. The molecule has 3 N–H and O–H groups in total. The molecule has 0 spiro atoms. The SMILES string of the molecule is CCc1ccc(-c2nc3n(c2N)CCCN3)cc1. The van der Waals surface area contributed by atoms with E-state index in [1.165, 1.54) is 5.56 Å². The van der Waals surface area contributed by atoms with Crippen molar-refractivity contribution < 1.29 is 0 Å². The number of anilines is 2. The summed E-state index contributed by atoms with van der Waals surface area (Å²) in [5.41, 5.74) is 9.50. The van der Waals surface area contributed by atoms with Crippen LogP contribution < -0.4 is 11.1 Å². The average Bonchev–Trinajstić information content (AvgIpc) is 2.77. The molecule has 0 bridgehead atoms. The summed E-state index contributed by atoms with van der Waals surface area (Å²) in [5, 5.41) is 3.29. The predicted octanol–water partition coefficient (Wildman–Crippen LogP) is 2.51. The molecule has 1 aromatic carbocycles. The standard InChI is InChI=1S/C14H18N4/c1-2-10-4-6-11(7-5-10)12-13(15)18-9-3-8-16-14(18)17-12/h4-7H,2-3,8-9,15H2,1H3,(H,16,17). The van der Waals surface area contributed by atoms with Crippen LogP contribution in [0.1, 0.15) is 18.9 Å². The third kappa shape index (κ3) is 1.74. The highest BCUT2D eigenvalue weighted by Crippen LogP contribution is 2.30. The van der Waals surface area contributed by atoms with E-state index in [0.29, 0.717) is 0 Å². The summed E-state index contributed by atoms with van der Waals surface area (Å²) < 4.78 is 2.06. The Morgan fingerprint density at radius 2 is 2.11 bits per heavy atom. The summed E-state index contributed by atoms with van der Waals surface area (Å²) in [6.07, 6.45) is 2.15. The minimum absolute atomic E-state index is 0.765. The number of rotatable bonds is 2. The maximum atomic E-state index is 6.19. The van der Waals surface area contributed by atoms with Gasteiger partial charge in [-0.3, -0.25) is 4.57 Å². The van der Waals surface area contributed by atoms with E-state index in [0.717, 1.165) is 49.0 Å². The first-order chi connectivity index (χ1) is 8.79. The van der Waals surface area contributed by atoms with Crippen molar-refractivity contribution in [3.05, 3.63) is 29.8 Å². The Bertz CT molecular complexity index is 554. The largest absolute Gasteiger partial charge is 0.383 e. The highest BCUT2D eigenvalue weighted by atomic mass is 15.3. The fraction of sp³-hybridized carbons (Fsp3) is 0.357. The number of aromatic nitrogens is 2. The minimum Gasteiger partial charge on any atom is -0.383 e. The van der Waals surface area contributed by atoms with E-state index in [1.54, 1.807) is 0 Å². The van der Waals surface area contributed by atoms with Crippen molar-refractivity contribution in [1.82, 2.24) is 9.55 Å². The summed E-state index contributed by atoms with van der Waals surface area (Å²) in [7, 11) is 0. The molecular formula is C14H18N4. The Hall–Kier alpha value is -1.97. The quantitative estimate of drug-likeness (QED) is 0.850. The van der Waals surface area contributed by atoms with Gasteiger partial charge in [0.15, 0.2) is 0 Å². The molecular weight excluding hydrogens is 224 g/mol. The summed E-state index contributed by atoms with van der Waals surface area (Å²) in [6.45, 7) is 4.08. The Balaban J connectivity index is 2.02. The number of hydrogen-bond donors (Lipinski definition) is 2. The summed E-state index contributed by atoms with van der Waals surface area (Å²) in [4.78, 5) is 4.60. The second-order valence-electron chi connectivity index (χ2n) is 4.65. The first kappa shape index (κ1) is 11.1. The van der Waals surface area contributed by atoms with Crippen LogP contribution in [0.2, 0.25) is 0 Å². The first-order valence-corrected chi connectivity index (χ1v) is 6.48. The van der Waals surface area contributed by atoms with Crippen molar-refractivity contribution in [3.63, 3.8) is 0 Å². The maximum absolute atomic E-state index is 6.19. The van der Waals surface area contributed by atoms with Gasteiger partial charge in [0.05, 0.1) is 0 Å². The number of hydrogen-bond acceptors (Lipinski definition) is 3. The van der Waals surface area contributed by atoms with Crippen LogP contribution in [-0.2, 0) is 13.0 Å². The van der Waals surface area contributed by atoms with E-state index < -0.39 is 0 Å². The molecule has 1 aliphatic rings. The summed E-state index contributed by atoms with van der Waals surface area (Å²) >= 11 is 0. The van der Waals surface area contributed by atoms with Gasteiger partial charge in [0.25, 0.3) is 0 Å². The van der Waals surface area contributed by atoms with E-state index in [9.17, 15) is 0 Å². The van der Waals surface area contributed by atoms with Gasteiger partial charge in [-0.15, -0.1) is 0 Å². The molecule has 0 saturated heterocycles. The van der Waals surface area contributed by atoms with Gasteiger partial charge in [0.2, 0.25) is 5.95 Å². The van der Waals surface area contributed by atoms with Crippen LogP contribution in [-0.4, -0.2) is 16.1 Å². The van der Waals surface area contributed by atoms with Crippen molar-refractivity contribution >= 4 is 11.8 Å². The van der Waals surface area contributed by atoms with Gasteiger partial charge in [-0.2, -0.15) is 0 Å². The van der Waals surface area contributed by atoms with Crippen molar-refractivity contribution in [3.8, 4) is 11.3 Å². The number of fused-ring (bicyclic) bond motifs is 1. The normalized spacial score (nSPS) is 14.1. The molecule has 0 unspecified atom stereocenters.